The predicted octanol–water partition coefficient (Wildman–Crippen LogP) is 8.50. The standard InChI is InChI=1S/C11H21OSi.3C4H9.Sn/c1-7-8-9-10-12-13(5,6)11(2,3)4;3*1-3-4-2;/h1,9-10H2,2-6H3;3*1,3-4H2,2H3;. The van der Waals surface area contributed by atoms with Crippen molar-refractivity contribution in [3.05, 3.63) is 15.9 Å². The van der Waals surface area contributed by atoms with Crippen LogP contribution >= 0.6 is 0 Å². The summed E-state index contributed by atoms with van der Waals surface area (Å²) < 4.78 is 12.7. The van der Waals surface area contributed by atoms with Gasteiger partial charge < -0.3 is 0 Å². The Hall–Kier alpha value is 0.496. The van der Waals surface area contributed by atoms with E-state index in [1.165, 1.54) is 51.8 Å². The van der Waals surface area contributed by atoms with Crippen molar-refractivity contribution in [3.8, 4) is 0 Å². The van der Waals surface area contributed by atoms with Gasteiger partial charge in [-0.2, -0.15) is 0 Å². The second kappa shape index (κ2) is 12.9. The zero-order valence-corrected chi connectivity index (χ0v) is 23.2. The summed E-state index contributed by atoms with van der Waals surface area (Å²) in [6.45, 7) is 23.8. The molecule has 0 aliphatic heterocycles. The van der Waals surface area contributed by atoms with Gasteiger partial charge in [-0.05, 0) is 0 Å². The Morgan fingerprint density at radius 2 is 1.35 bits per heavy atom. The van der Waals surface area contributed by atoms with Gasteiger partial charge in [0.2, 0.25) is 0 Å². The summed E-state index contributed by atoms with van der Waals surface area (Å²) in [5, 5.41) is 0.290. The van der Waals surface area contributed by atoms with E-state index in [-0.39, 0.29) is 5.04 Å². The predicted molar refractivity (Wildman–Crippen MR) is 125 cm³/mol. The quantitative estimate of drug-likeness (QED) is 0.176. The summed E-state index contributed by atoms with van der Waals surface area (Å²) in [7, 11) is -1.66. The first-order valence-electron chi connectivity index (χ1n) is 11.1. The van der Waals surface area contributed by atoms with E-state index in [4.69, 9.17) is 4.43 Å². The van der Waals surface area contributed by atoms with Crippen LogP contribution in [-0.2, 0) is 4.43 Å². The first kappa shape index (κ1) is 26.5. The molecule has 0 atom stereocenters. The van der Waals surface area contributed by atoms with Crippen LogP contribution in [0.15, 0.2) is 15.9 Å². The van der Waals surface area contributed by atoms with Gasteiger partial charge in [-0.15, -0.1) is 0 Å². The van der Waals surface area contributed by atoms with Crippen LogP contribution in [0.1, 0.15) is 86.5 Å². The minimum atomic E-state index is -2.35. The van der Waals surface area contributed by atoms with Crippen LogP contribution in [0.4, 0.5) is 0 Å². The van der Waals surface area contributed by atoms with Crippen LogP contribution in [-0.4, -0.2) is 33.3 Å². The van der Waals surface area contributed by atoms with Crippen molar-refractivity contribution in [2.75, 3.05) is 6.61 Å². The molecule has 0 saturated carbocycles. The molecule has 0 radical (unpaired) electrons. The minimum absolute atomic E-state index is 0.290. The molecule has 0 fully saturated rings. The molecular weight excluding hydrogens is 439 g/mol. The normalized spacial score (nSPS) is 12.9. The summed E-state index contributed by atoms with van der Waals surface area (Å²) in [5.74, 6) is 0. The van der Waals surface area contributed by atoms with E-state index in [0.717, 1.165) is 13.0 Å². The number of hydrogen-bond donors (Lipinski definition) is 0. The molecule has 0 aliphatic carbocycles. The average Bonchev–Trinajstić information content (AvgIpc) is 2.57. The maximum absolute atomic E-state index is 6.52. The summed E-state index contributed by atoms with van der Waals surface area (Å²) in [6, 6.07) is 0. The van der Waals surface area contributed by atoms with Crippen molar-refractivity contribution < 1.29 is 4.43 Å². The molecule has 0 saturated heterocycles. The fraction of sp³-hybridized carbons (Fsp3) is 0.870. The molecule has 0 unspecified atom stereocenters. The average molecular weight is 487 g/mol. The van der Waals surface area contributed by atoms with Gasteiger partial charge in [-0.1, -0.05) is 0 Å². The molecule has 3 heteroatoms. The van der Waals surface area contributed by atoms with Gasteiger partial charge in [0, 0.05) is 0 Å². The molecule has 0 rings (SSSR count). The molecule has 0 N–H and O–H groups in total. The molecule has 0 aliphatic rings. The molecular formula is C23H48OSiSn. The Morgan fingerprint density at radius 3 is 1.65 bits per heavy atom. The van der Waals surface area contributed by atoms with E-state index in [9.17, 15) is 0 Å². The third-order valence-corrected chi connectivity index (χ3v) is 27.1. The van der Waals surface area contributed by atoms with Crippen LogP contribution in [0, 0.1) is 0 Å². The fourth-order valence-electron chi connectivity index (χ4n) is 3.54. The number of unbranched alkanes of at least 4 members (excludes halogenated alkanes) is 3. The molecule has 0 aromatic heterocycles. The van der Waals surface area contributed by atoms with Crippen LogP contribution in [0.2, 0.25) is 31.4 Å². The second-order valence-corrected chi connectivity index (χ2v) is 27.7. The van der Waals surface area contributed by atoms with E-state index in [0.29, 0.717) is 0 Å². The van der Waals surface area contributed by atoms with Crippen molar-refractivity contribution in [3.63, 3.8) is 0 Å². The first-order chi connectivity index (χ1) is 12.1. The van der Waals surface area contributed by atoms with E-state index >= 15 is 0 Å². The van der Waals surface area contributed by atoms with Crippen molar-refractivity contribution in [2.45, 2.75) is 118 Å². The SMILES string of the molecule is C=C=[C](CCO[Si](C)(C)C(C)(C)C)[Sn]([CH2]CCC)([CH2]CCC)[CH2]CCC. The van der Waals surface area contributed by atoms with Gasteiger partial charge in [-0.3, -0.25) is 0 Å². The second-order valence-electron chi connectivity index (χ2n) is 9.61. The van der Waals surface area contributed by atoms with E-state index in [1.807, 2.05) is 0 Å². The van der Waals surface area contributed by atoms with Crippen molar-refractivity contribution >= 4 is 26.7 Å². The van der Waals surface area contributed by atoms with E-state index < -0.39 is 26.7 Å². The van der Waals surface area contributed by atoms with Crippen LogP contribution in [0.5, 0.6) is 0 Å². The molecule has 0 aromatic rings. The Balaban J connectivity index is 5.28. The number of rotatable bonds is 14. The van der Waals surface area contributed by atoms with Gasteiger partial charge in [0.25, 0.3) is 0 Å². The maximum atomic E-state index is 6.52. The molecule has 1 nitrogen and oxygen atoms in total. The van der Waals surface area contributed by atoms with Gasteiger partial charge in [0.1, 0.15) is 0 Å². The Kier molecular flexibility index (Phi) is 13.1. The van der Waals surface area contributed by atoms with Crippen molar-refractivity contribution in [1.82, 2.24) is 0 Å². The monoisotopic (exact) mass is 488 g/mol. The molecule has 0 aromatic carbocycles. The van der Waals surface area contributed by atoms with Crippen LogP contribution in [0.25, 0.3) is 0 Å². The van der Waals surface area contributed by atoms with E-state index in [1.54, 1.807) is 3.59 Å². The Morgan fingerprint density at radius 1 is 0.923 bits per heavy atom. The Bertz CT molecular complexity index is 408. The van der Waals surface area contributed by atoms with Gasteiger partial charge in [0.15, 0.2) is 0 Å². The zero-order chi connectivity index (χ0) is 20.3. The summed E-state index contributed by atoms with van der Waals surface area (Å²) in [6.07, 6.45) is 9.27. The molecule has 0 heterocycles. The summed E-state index contributed by atoms with van der Waals surface area (Å²) in [5.41, 5.74) is 3.49. The summed E-state index contributed by atoms with van der Waals surface area (Å²) in [4.78, 5) is 0. The fourth-order valence-corrected chi connectivity index (χ4v) is 21.0. The van der Waals surface area contributed by atoms with Crippen molar-refractivity contribution in [1.29, 1.82) is 0 Å². The topological polar surface area (TPSA) is 9.23 Å². The van der Waals surface area contributed by atoms with Gasteiger partial charge >= 0.3 is 172 Å². The number of hydrogen-bond acceptors (Lipinski definition) is 1. The third-order valence-electron chi connectivity index (χ3n) is 6.50. The Labute approximate surface area is 171 Å². The van der Waals surface area contributed by atoms with Crippen LogP contribution < -0.4 is 0 Å². The molecule has 0 bridgehead atoms. The molecule has 154 valence electrons. The summed E-state index contributed by atoms with van der Waals surface area (Å²) >= 11 is -2.35. The molecule has 26 heavy (non-hydrogen) atoms. The van der Waals surface area contributed by atoms with Crippen molar-refractivity contribution in [2.24, 2.45) is 0 Å². The van der Waals surface area contributed by atoms with Gasteiger partial charge in [0.05, 0.1) is 0 Å². The van der Waals surface area contributed by atoms with Crippen LogP contribution in [0.3, 0.4) is 0 Å². The third kappa shape index (κ3) is 8.67. The molecule has 0 spiro atoms. The first-order valence-corrected chi connectivity index (χ1v) is 21.5. The van der Waals surface area contributed by atoms with Gasteiger partial charge in [-0.25, -0.2) is 0 Å². The van der Waals surface area contributed by atoms with E-state index in [2.05, 4.69) is 66.9 Å². The molecule has 0 amide bonds. The zero-order valence-electron chi connectivity index (χ0n) is 19.4.